The van der Waals surface area contributed by atoms with Gasteiger partial charge in [-0.25, -0.2) is 4.79 Å². The number of carboxylic acids is 1. The Balaban J connectivity index is 2.49. The number of nitrogens with zero attached hydrogens (tertiary/aromatic N) is 1. The lowest BCUT2D eigenvalue weighted by Gasteiger charge is -2.09. The molecule has 0 spiro atoms. The number of carboxylic acid groups (broad SMARTS) is 1. The first-order valence-corrected chi connectivity index (χ1v) is 6.01. The standard InChI is InChI=1S/C15H17NO2/c1-10(2)16-9-13(8-14(16)15(17)18)12-6-4-11(3)5-7-12/h4-10H,1-3H3,(H,17,18). The summed E-state index contributed by atoms with van der Waals surface area (Å²) in [5.41, 5.74) is 3.52. The first-order chi connectivity index (χ1) is 8.49. The van der Waals surface area contributed by atoms with Gasteiger partial charge in [-0.15, -0.1) is 0 Å². The van der Waals surface area contributed by atoms with Crippen LogP contribution in [0.25, 0.3) is 11.1 Å². The fraction of sp³-hybridized carbons (Fsp3) is 0.267. The molecule has 2 aromatic rings. The summed E-state index contributed by atoms with van der Waals surface area (Å²) in [6, 6.07) is 9.95. The highest BCUT2D eigenvalue weighted by Gasteiger charge is 2.15. The second kappa shape index (κ2) is 4.69. The maximum Gasteiger partial charge on any atom is 0.352 e. The average molecular weight is 243 g/mol. The zero-order valence-electron chi connectivity index (χ0n) is 10.8. The van der Waals surface area contributed by atoms with Crippen LogP contribution in [0.1, 0.15) is 35.9 Å². The summed E-state index contributed by atoms with van der Waals surface area (Å²) in [7, 11) is 0. The Labute approximate surface area is 107 Å². The van der Waals surface area contributed by atoms with E-state index in [0.29, 0.717) is 5.69 Å². The van der Waals surface area contributed by atoms with Gasteiger partial charge in [0.1, 0.15) is 5.69 Å². The number of hydrogen-bond donors (Lipinski definition) is 1. The van der Waals surface area contributed by atoms with Crippen molar-refractivity contribution < 1.29 is 9.90 Å². The zero-order chi connectivity index (χ0) is 13.3. The van der Waals surface area contributed by atoms with Crippen molar-refractivity contribution in [2.24, 2.45) is 0 Å². The molecule has 0 fully saturated rings. The molecule has 3 heteroatoms. The van der Waals surface area contributed by atoms with Gasteiger partial charge in [-0.1, -0.05) is 29.8 Å². The fourth-order valence-electron chi connectivity index (χ4n) is 1.98. The van der Waals surface area contributed by atoms with Crippen molar-refractivity contribution in [3.05, 3.63) is 47.8 Å². The quantitative estimate of drug-likeness (QED) is 0.892. The fourth-order valence-corrected chi connectivity index (χ4v) is 1.98. The molecule has 1 N–H and O–H groups in total. The van der Waals surface area contributed by atoms with Gasteiger partial charge in [0.15, 0.2) is 0 Å². The molecule has 0 aliphatic heterocycles. The predicted octanol–water partition coefficient (Wildman–Crippen LogP) is 3.74. The summed E-state index contributed by atoms with van der Waals surface area (Å²) in [6.45, 7) is 5.99. The summed E-state index contributed by atoms with van der Waals surface area (Å²) in [5.74, 6) is -0.887. The first-order valence-electron chi connectivity index (χ1n) is 6.01. The minimum absolute atomic E-state index is 0.135. The Morgan fingerprint density at radius 3 is 2.22 bits per heavy atom. The van der Waals surface area contributed by atoms with Crippen molar-refractivity contribution in [1.29, 1.82) is 0 Å². The van der Waals surface area contributed by atoms with Gasteiger partial charge in [0.05, 0.1) is 0 Å². The van der Waals surface area contributed by atoms with E-state index in [1.807, 2.05) is 51.2 Å². The lowest BCUT2D eigenvalue weighted by atomic mass is 10.1. The van der Waals surface area contributed by atoms with E-state index in [1.54, 1.807) is 10.6 Å². The Morgan fingerprint density at radius 1 is 1.17 bits per heavy atom. The predicted molar refractivity (Wildman–Crippen MR) is 71.9 cm³/mol. The van der Waals surface area contributed by atoms with Gasteiger partial charge in [0, 0.05) is 17.8 Å². The molecule has 94 valence electrons. The van der Waals surface area contributed by atoms with Crippen molar-refractivity contribution in [3.8, 4) is 11.1 Å². The van der Waals surface area contributed by atoms with Crippen molar-refractivity contribution in [2.75, 3.05) is 0 Å². The Hall–Kier alpha value is -2.03. The van der Waals surface area contributed by atoms with Crippen LogP contribution < -0.4 is 0 Å². The number of aromatic carboxylic acids is 1. The monoisotopic (exact) mass is 243 g/mol. The SMILES string of the molecule is Cc1ccc(-c2cc(C(=O)O)n(C(C)C)c2)cc1. The van der Waals surface area contributed by atoms with Gasteiger partial charge in [-0.3, -0.25) is 0 Å². The number of aryl methyl sites for hydroxylation is 1. The normalized spacial score (nSPS) is 10.9. The summed E-state index contributed by atoms with van der Waals surface area (Å²) in [5, 5.41) is 9.20. The van der Waals surface area contributed by atoms with E-state index in [0.717, 1.165) is 11.1 Å². The average Bonchev–Trinajstić information content (AvgIpc) is 2.75. The van der Waals surface area contributed by atoms with Gasteiger partial charge in [-0.2, -0.15) is 0 Å². The third-order valence-electron chi connectivity index (χ3n) is 3.01. The molecule has 18 heavy (non-hydrogen) atoms. The van der Waals surface area contributed by atoms with Gasteiger partial charge >= 0.3 is 5.97 Å². The molecule has 0 atom stereocenters. The molecule has 0 amide bonds. The van der Waals surface area contributed by atoms with Crippen molar-refractivity contribution in [3.63, 3.8) is 0 Å². The van der Waals surface area contributed by atoms with Gasteiger partial charge in [0.25, 0.3) is 0 Å². The molecular formula is C15H17NO2. The molecule has 1 aromatic heterocycles. The maximum atomic E-state index is 11.2. The van der Waals surface area contributed by atoms with Gasteiger partial charge in [0.2, 0.25) is 0 Å². The van der Waals surface area contributed by atoms with Crippen LogP contribution in [0.4, 0.5) is 0 Å². The molecule has 1 heterocycles. The summed E-state index contributed by atoms with van der Waals surface area (Å²) in [4.78, 5) is 11.2. The largest absolute Gasteiger partial charge is 0.477 e. The lowest BCUT2D eigenvalue weighted by Crippen LogP contribution is -2.09. The molecule has 0 saturated carbocycles. The highest BCUT2D eigenvalue weighted by Crippen LogP contribution is 2.25. The van der Waals surface area contributed by atoms with E-state index < -0.39 is 5.97 Å². The second-order valence-corrected chi connectivity index (χ2v) is 4.79. The Morgan fingerprint density at radius 2 is 1.78 bits per heavy atom. The van der Waals surface area contributed by atoms with Crippen LogP contribution in [0.2, 0.25) is 0 Å². The minimum Gasteiger partial charge on any atom is -0.477 e. The van der Waals surface area contributed by atoms with E-state index in [-0.39, 0.29) is 6.04 Å². The molecule has 0 unspecified atom stereocenters. The molecular weight excluding hydrogens is 226 g/mol. The number of carbonyl (C=O) groups is 1. The third-order valence-corrected chi connectivity index (χ3v) is 3.01. The number of benzene rings is 1. The van der Waals surface area contributed by atoms with E-state index in [9.17, 15) is 9.90 Å². The molecule has 0 aliphatic rings. The van der Waals surface area contributed by atoms with Crippen LogP contribution >= 0.6 is 0 Å². The van der Waals surface area contributed by atoms with E-state index >= 15 is 0 Å². The summed E-state index contributed by atoms with van der Waals surface area (Å²) < 4.78 is 1.79. The summed E-state index contributed by atoms with van der Waals surface area (Å²) in [6.07, 6.45) is 1.90. The minimum atomic E-state index is -0.887. The molecule has 0 saturated heterocycles. The molecule has 3 nitrogen and oxygen atoms in total. The highest BCUT2D eigenvalue weighted by atomic mass is 16.4. The van der Waals surface area contributed by atoms with Crippen LogP contribution in [0.3, 0.4) is 0 Å². The van der Waals surface area contributed by atoms with Crippen molar-refractivity contribution >= 4 is 5.97 Å². The third kappa shape index (κ3) is 2.30. The number of hydrogen-bond acceptors (Lipinski definition) is 1. The van der Waals surface area contributed by atoms with Crippen molar-refractivity contribution in [1.82, 2.24) is 4.57 Å². The van der Waals surface area contributed by atoms with Crippen molar-refractivity contribution in [2.45, 2.75) is 26.8 Å². The van der Waals surface area contributed by atoms with Crippen LogP contribution in [-0.2, 0) is 0 Å². The summed E-state index contributed by atoms with van der Waals surface area (Å²) >= 11 is 0. The van der Waals surface area contributed by atoms with Crippen LogP contribution in [-0.4, -0.2) is 15.6 Å². The second-order valence-electron chi connectivity index (χ2n) is 4.79. The number of rotatable bonds is 3. The van der Waals surface area contributed by atoms with Crippen LogP contribution in [0.15, 0.2) is 36.5 Å². The van der Waals surface area contributed by atoms with Gasteiger partial charge in [-0.05, 0) is 32.4 Å². The molecule has 1 aromatic carbocycles. The Bertz CT molecular complexity index is 565. The highest BCUT2D eigenvalue weighted by molar-refractivity contribution is 5.88. The molecule has 0 bridgehead atoms. The first kappa shape index (κ1) is 12.4. The maximum absolute atomic E-state index is 11.2. The smallest absolute Gasteiger partial charge is 0.352 e. The molecule has 0 radical (unpaired) electrons. The van der Waals surface area contributed by atoms with Gasteiger partial charge < -0.3 is 9.67 Å². The zero-order valence-corrected chi connectivity index (χ0v) is 10.8. The number of aromatic nitrogens is 1. The lowest BCUT2D eigenvalue weighted by molar-refractivity contribution is 0.0683. The molecule has 0 aliphatic carbocycles. The van der Waals surface area contributed by atoms with Crippen LogP contribution in [0, 0.1) is 6.92 Å². The van der Waals surface area contributed by atoms with E-state index in [4.69, 9.17) is 0 Å². The van der Waals surface area contributed by atoms with E-state index in [2.05, 4.69) is 0 Å². The Kier molecular flexibility index (Phi) is 3.24. The van der Waals surface area contributed by atoms with E-state index in [1.165, 1.54) is 5.56 Å². The molecule has 2 rings (SSSR count). The van der Waals surface area contributed by atoms with Crippen LogP contribution in [0.5, 0.6) is 0 Å². The topological polar surface area (TPSA) is 42.2 Å².